The van der Waals surface area contributed by atoms with E-state index in [1.54, 1.807) is 0 Å². The Balaban J connectivity index is 2.16. The van der Waals surface area contributed by atoms with Crippen LogP contribution in [-0.2, 0) is 14.3 Å². The molecule has 0 aromatic carbocycles. The van der Waals surface area contributed by atoms with Gasteiger partial charge in [0.1, 0.15) is 0 Å². The predicted octanol–water partition coefficient (Wildman–Crippen LogP) is 6.93. The van der Waals surface area contributed by atoms with E-state index in [9.17, 15) is 4.79 Å². The molecule has 0 saturated carbocycles. The second-order valence-corrected chi connectivity index (χ2v) is 8.44. The summed E-state index contributed by atoms with van der Waals surface area (Å²) in [7, 11) is 0. The molecular weight excluding hydrogens is 348 g/mol. The van der Waals surface area contributed by atoms with Crippen molar-refractivity contribution in [1.82, 2.24) is 0 Å². The van der Waals surface area contributed by atoms with Gasteiger partial charge in [-0.25, -0.2) is 0 Å². The summed E-state index contributed by atoms with van der Waals surface area (Å²) in [6.45, 7) is 11.9. The highest BCUT2D eigenvalue weighted by Gasteiger charge is 2.23. The number of allylic oxidation sites excluding steroid dienone is 6. The molecule has 0 N–H and O–H groups in total. The number of ether oxygens (including phenoxy) is 2. The van der Waals surface area contributed by atoms with Crippen molar-refractivity contribution in [3.63, 3.8) is 0 Å². The molecule has 1 aliphatic heterocycles. The van der Waals surface area contributed by atoms with Crippen LogP contribution in [0, 0.1) is 5.92 Å². The highest BCUT2D eigenvalue weighted by molar-refractivity contribution is 5.69. The maximum absolute atomic E-state index is 11.5. The van der Waals surface area contributed by atoms with Gasteiger partial charge in [0.05, 0.1) is 19.1 Å². The van der Waals surface area contributed by atoms with Crippen LogP contribution in [0.25, 0.3) is 0 Å². The molecule has 3 heteroatoms. The average molecular weight is 391 g/mol. The minimum Gasteiger partial charge on any atom is -0.466 e. The van der Waals surface area contributed by atoms with Crippen LogP contribution in [-0.4, -0.2) is 25.3 Å². The first-order valence-corrected chi connectivity index (χ1v) is 11.1. The predicted molar refractivity (Wildman–Crippen MR) is 118 cm³/mol. The molecule has 0 aromatic rings. The first kappa shape index (κ1) is 24.7. The summed E-state index contributed by atoms with van der Waals surface area (Å²) in [5, 5.41) is 0. The number of hydrogen-bond donors (Lipinski definition) is 0. The van der Waals surface area contributed by atoms with Crippen molar-refractivity contribution in [2.24, 2.45) is 5.92 Å². The molecule has 0 aliphatic carbocycles. The van der Waals surface area contributed by atoms with Crippen molar-refractivity contribution in [2.45, 2.75) is 98.5 Å². The monoisotopic (exact) mass is 390 g/mol. The van der Waals surface area contributed by atoms with Crippen LogP contribution in [0.4, 0.5) is 0 Å². The summed E-state index contributed by atoms with van der Waals surface area (Å²) in [6, 6.07) is 0. The lowest BCUT2D eigenvalue weighted by molar-refractivity contribution is -0.147. The molecule has 1 heterocycles. The Bertz CT molecular complexity index is 530. The van der Waals surface area contributed by atoms with Gasteiger partial charge in [0, 0.05) is 6.61 Å². The standard InChI is InChI=1S/C25H42O3/c1-6-27-25(26)18-24-17-16-23(19-28-24)15-9-14-22(5)13-8-12-21(4)11-7-10-20(2)3/h10,12,14,23-24H,6-9,11,13,15-19H2,1-5H3/b21-12+,22-14+. The van der Waals surface area contributed by atoms with E-state index < -0.39 is 0 Å². The number of carbonyl (C=O) groups is 1. The molecule has 1 saturated heterocycles. The van der Waals surface area contributed by atoms with Gasteiger partial charge in [-0.2, -0.15) is 0 Å². The third-order valence-electron chi connectivity index (χ3n) is 5.35. The van der Waals surface area contributed by atoms with Gasteiger partial charge in [-0.15, -0.1) is 0 Å². The van der Waals surface area contributed by atoms with E-state index in [-0.39, 0.29) is 12.1 Å². The van der Waals surface area contributed by atoms with Gasteiger partial charge in [0.25, 0.3) is 0 Å². The zero-order valence-corrected chi connectivity index (χ0v) is 18.9. The Morgan fingerprint density at radius 2 is 1.61 bits per heavy atom. The van der Waals surface area contributed by atoms with Crippen molar-refractivity contribution in [3.8, 4) is 0 Å². The number of esters is 1. The third-order valence-corrected chi connectivity index (χ3v) is 5.35. The molecule has 1 aliphatic rings. The van der Waals surface area contributed by atoms with Gasteiger partial charge in [-0.3, -0.25) is 4.79 Å². The largest absolute Gasteiger partial charge is 0.466 e. The van der Waals surface area contributed by atoms with Crippen LogP contribution in [0.15, 0.2) is 34.9 Å². The van der Waals surface area contributed by atoms with Gasteiger partial charge < -0.3 is 9.47 Å². The minimum atomic E-state index is -0.134. The zero-order valence-electron chi connectivity index (χ0n) is 18.9. The normalized spacial score (nSPS) is 20.8. The first-order valence-electron chi connectivity index (χ1n) is 11.1. The molecule has 28 heavy (non-hydrogen) atoms. The molecule has 3 nitrogen and oxygen atoms in total. The van der Waals surface area contributed by atoms with Gasteiger partial charge >= 0.3 is 5.97 Å². The summed E-state index contributed by atoms with van der Waals surface area (Å²) in [5.41, 5.74) is 4.40. The first-order chi connectivity index (χ1) is 13.4. The van der Waals surface area contributed by atoms with Crippen molar-refractivity contribution in [3.05, 3.63) is 34.9 Å². The number of hydrogen-bond acceptors (Lipinski definition) is 3. The highest BCUT2D eigenvalue weighted by atomic mass is 16.5. The van der Waals surface area contributed by atoms with Crippen LogP contribution in [0.1, 0.15) is 92.4 Å². The zero-order chi connectivity index (χ0) is 20.8. The van der Waals surface area contributed by atoms with E-state index in [0.29, 0.717) is 18.9 Å². The second-order valence-electron chi connectivity index (χ2n) is 8.44. The van der Waals surface area contributed by atoms with E-state index in [1.165, 1.54) is 29.6 Å². The fourth-order valence-corrected chi connectivity index (χ4v) is 3.56. The van der Waals surface area contributed by atoms with Crippen LogP contribution in [0.5, 0.6) is 0 Å². The number of rotatable bonds is 12. The lowest BCUT2D eigenvalue weighted by atomic mass is 9.92. The Morgan fingerprint density at radius 3 is 2.18 bits per heavy atom. The average Bonchev–Trinajstić information content (AvgIpc) is 2.63. The van der Waals surface area contributed by atoms with E-state index in [1.807, 2.05) is 6.92 Å². The van der Waals surface area contributed by atoms with Crippen molar-refractivity contribution in [1.29, 1.82) is 0 Å². The molecule has 0 bridgehead atoms. The maximum Gasteiger partial charge on any atom is 0.308 e. The minimum absolute atomic E-state index is 0.0549. The fraction of sp³-hybridized carbons (Fsp3) is 0.720. The van der Waals surface area contributed by atoms with Crippen molar-refractivity contribution >= 4 is 5.97 Å². The van der Waals surface area contributed by atoms with E-state index >= 15 is 0 Å². The highest BCUT2D eigenvalue weighted by Crippen LogP contribution is 2.25. The molecular formula is C25H42O3. The maximum atomic E-state index is 11.5. The van der Waals surface area contributed by atoms with Gasteiger partial charge in [-0.05, 0) is 91.9 Å². The van der Waals surface area contributed by atoms with Gasteiger partial charge in [0.2, 0.25) is 0 Å². The Hall–Kier alpha value is -1.35. The molecule has 0 radical (unpaired) electrons. The Kier molecular flexibility index (Phi) is 12.9. The molecule has 0 aromatic heterocycles. The second kappa shape index (κ2) is 14.6. The quantitative estimate of drug-likeness (QED) is 0.267. The topological polar surface area (TPSA) is 35.5 Å². The Morgan fingerprint density at radius 1 is 0.964 bits per heavy atom. The molecule has 0 spiro atoms. The smallest absolute Gasteiger partial charge is 0.308 e. The molecule has 1 fully saturated rings. The third kappa shape index (κ3) is 12.2. The van der Waals surface area contributed by atoms with Crippen LogP contribution < -0.4 is 0 Å². The molecule has 1 rings (SSSR count). The number of carbonyl (C=O) groups excluding carboxylic acids is 1. The van der Waals surface area contributed by atoms with E-state index in [0.717, 1.165) is 45.1 Å². The summed E-state index contributed by atoms with van der Waals surface area (Å²) in [4.78, 5) is 11.5. The fourth-order valence-electron chi connectivity index (χ4n) is 3.56. The van der Waals surface area contributed by atoms with E-state index in [2.05, 4.69) is 45.9 Å². The summed E-state index contributed by atoms with van der Waals surface area (Å²) >= 11 is 0. The van der Waals surface area contributed by atoms with Gasteiger partial charge in [0.15, 0.2) is 0 Å². The molecule has 2 atom stereocenters. The Labute approximate surface area is 173 Å². The molecule has 2 unspecified atom stereocenters. The van der Waals surface area contributed by atoms with Gasteiger partial charge in [-0.1, -0.05) is 34.9 Å². The summed E-state index contributed by atoms with van der Waals surface area (Å²) in [5.74, 6) is 0.491. The van der Waals surface area contributed by atoms with E-state index in [4.69, 9.17) is 9.47 Å². The van der Waals surface area contributed by atoms with Crippen LogP contribution in [0.3, 0.4) is 0 Å². The van der Waals surface area contributed by atoms with Crippen molar-refractivity contribution in [2.75, 3.05) is 13.2 Å². The lowest BCUT2D eigenvalue weighted by Gasteiger charge is -2.28. The summed E-state index contributed by atoms with van der Waals surface area (Å²) < 4.78 is 10.9. The van der Waals surface area contributed by atoms with Crippen LogP contribution >= 0.6 is 0 Å². The summed E-state index contributed by atoms with van der Waals surface area (Å²) in [6.07, 6.45) is 16.6. The van der Waals surface area contributed by atoms with Crippen molar-refractivity contribution < 1.29 is 14.3 Å². The molecule has 160 valence electrons. The SMILES string of the molecule is CCOC(=O)CC1CCC(CC/C=C(\C)CC/C=C(\C)CCC=C(C)C)CO1. The lowest BCUT2D eigenvalue weighted by Crippen LogP contribution is -2.28. The van der Waals surface area contributed by atoms with Crippen LogP contribution in [0.2, 0.25) is 0 Å². The molecule has 0 amide bonds.